The molecule has 0 saturated heterocycles. The van der Waals surface area contributed by atoms with Gasteiger partial charge in [0.05, 0.1) is 3.79 Å². The molecule has 0 aliphatic heterocycles. The molecule has 0 saturated carbocycles. The number of halogens is 1. The van der Waals surface area contributed by atoms with Crippen LogP contribution in [0, 0.1) is 0 Å². The van der Waals surface area contributed by atoms with Crippen LogP contribution in [0.3, 0.4) is 0 Å². The second-order valence-electron chi connectivity index (χ2n) is 4.12. The second-order valence-corrected chi connectivity index (χ2v) is 6.67. The van der Waals surface area contributed by atoms with Gasteiger partial charge in [0.2, 0.25) is 0 Å². The van der Waals surface area contributed by atoms with Crippen LogP contribution in [0.15, 0.2) is 28.2 Å². The first-order chi connectivity index (χ1) is 8.97. The van der Waals surface area contributed by atoms with Crippen LogP contribution in [0.25, 0.3) is 0 Å². The normalized spacial score (nSPS) is 10.6. The minimum atomic E-state index is -1.01. The zero-order valence-electron chi connectivity index (χ0n) is 10.2. The topological polar surface area (TPSA) is 59.3 Å². The van der Waals surface area contributed by atoms with Gasteiger partial charge in [-0.2, -0.15) is 0 Å². The minimum Gasteiger partial charge on any atom is -0.477 e. The number of Topliss-reactive ketones (excluding diaryl/α,β-unsaturated/α-hetero) is 1. The van der Waals surface area contributed by atoms with Crippen LogP contribution in [-0.4, -0.2) is 21.4 Å². The third-order valence-corrected chi connectivity index (χ3v) is 4.43. The Morgan fingerprint density at radius 2 is 2.16 bits per heavy atom. The van der Waals surface area contributed by atoms with Gasteiger partial charge in [-0.15, -0.1) is 11.3 Å². The van der Waals surface area contributed by atoms with Gasteiger partial charge in [0, 0.05) is 23.2 Å². The fraction of sp³-hybridized carbons (Fsp3) is 0.231. The van der Waals surface area contributed by atoms with Gasteiger partial charge < -0.3 is 9.67 Å². The SMILES string of the molecule is CC(=O)c1cc(C(=O)O)n(CCc2ccc(Br)s2)c1. The molecule has 6 heteroatoms. The molecular weight excluding hydrogens is 330 g/mol. The number of carboxylic acid groups (broad SMARTS) is 1. The first kappa shape index (κ1) is 14.0. The van der Waals surface area contributed by atoms with E-state index in [1.54, 1.807) is 22.1 Å². The third kappa shape index (κ3) is 3.33. The monoisotopic (exact) mass is 341 g/mol. The van der Waals surface area contributed by atoms with Crippen molar-refractivity contribution in [2.75, 3.05) is 0 Å². The molecule has 0 amide bonds. The van der Waals surface area contributed by atoms with Crippen LogP contribution in [0.5, 0.6) is 0 Å². The first-order valence-corrected chi connectivity index (χ1v) is 7.27. The lowest BCUT2D eigenvalue weighted by Gasteiger charge is -2.04. The number of carboxylic acids is 1. The van der Waals surface area contributed by atoms with Crippen molar-refractivity contribution in [2.45, 2.75) is 19.9 Å². The summed E-state index contributed by atoms with van der Waals surface area (Å²) >= 11 is 5.02. The summed E-state index contributed by atoms with van der Waals surface area (Å²) in [4.78, 5) is 23.6. The highest BCUT2D eigenvalue weighted by atomic mass is 79.9. The van der Waals surface area contributed by atoms with Crippen molar-refractivity contribution in [2.24, 2.45) is 0 Å². The maximum absolute atomic E-state index is 11.3. The van der Waals surface area contributed by atoms with Crippen molar-refractivity contribution in [1.29, 1.82) is 0 Å². The fourth-order valence-electron chi connectivity index (χ4n) is 1.78. The van der Waals surface area contributed by atoms with E-state index in [0.717, 1.165) is 10.2 Å². The molecule has 0 aromatic carbocycles. The Kier molecular flexibility index (Phi) is 4.21. The number of nitrogens with zero attached hydrogens (tertiary/aromatic N) is 1. The number of rotatable bonds is 5. The van der Waals surface area contributed by atoms with E-state index in [0.29, 0.717) is 12.1 Å². The van der Waals surface area contributed by atoms with Crippen molar-refractivity contribution in [3.8, 4) is 0 Å². The van der Waals surface area contributed by atoms with Crippen molar-refractivity contribution in [1.82, 2.24) is 4.57 Å². The number of thiophene rings is 1. The molecule has 2 aromatic heterocycles. The molecule has 2 aromatic rings. The number of carbonyl (C=O) groups is 2. The van der Waals surface area contributed by atoms with Crippen molar-refractivity contribution < 1.29 is 14.7 Å². The van der Waals surface area contributed by atoms with Gasteiger partial charge in [0.1, 0.15) is 5.69 Å². The van der Waals surface area contributed by atoms with Crippen LogP contribution in [-0.2, 0) is 13.0 Å². The first-order valence-electron chi connectivity index (χ1n) is 5.66. The number of aromatic carboxylic acids is 1. The summed E-state index contributed by atoms with van der Waals surface area (Å²) in [6.45, 7) is 1.98. The molecular formula is C13H12BrNO3S. The lowest BCUT2D eigenvalue weighted by atomic mass is 10.2. The Bertz CT molecular complexity index is 630. The lowest BCUT2D eigenvalue weighted by Crippen LogP contribution is -2.08. The van der Waals surface area contributed by atoms with Gasteiger partial charge in [-0.25, -0.2) is 4.79 Å². The highest BCUT2D eigenvalue weighted by Gasteiger charge is 2.14. The number of hydrogen-bond acceptors (Lipinski definition) is 3. The molecule has 19 heavy (non-hydrogen) atoms. The van der Waals surface area contributed by atoms with E-state index in [1.807, 2.05) is 12.1 Å². The Morgan fingerprint density at radius 1 is 1.42 bits per heavy atom. The highest BCUT2D eigenvalue weighted by molar-refractivity contribution is 9.11. The van der Waals surface area contributed by atoms with E-state index in [2.05, 4.69) is 15.9 Å². The molecule has 2 heterocycles. The standard InChI is InChI=1S/C13H12BrNO3S/c1-8(16)9-6-11(13(17)18)15(7-9)5-4-10-2-3-12(14)19-10/h2-3,6-7H,4-5H2,1H3,(H,17,18). The molecule has 0 atom stereocenters. The molecule has 2 rings (SSSR count). The van der Waals surface area contributed by atoms with Gasteiger partial charge in [0.25, 0.3) is 0 Å². The number of hydrogen-bond donors (Lipinski definition) is 1. The molecule has 4 nitrogen and oxygen atoms in total. The lowest BCUT2D eigenvalue weighted by molar-refractivity contribution is 0.0685. The number of ketones is 1. The van der Waals surface area contributed by atoms with Crippen LogP contribution >= 0.6 is 27.3 Å². The predicted molar refractivity (Wildman–Crippen MR) is 77.1 cm³/mol. The average molecular weight is 342 g/mol. The average Bonchev–Trinajstić information content (AvgIpc) is 2.92. The fourth-order valence-corrected chi connectivity index (χ4v) is 3.26. The molecule has 100 valence electrons. The summed E-state index contributed by atoms with van der Waals surface area (Å²) in [5.41, 5.74) is 0.589. The van der Waals surface area contributed by atoms with E-state index in [-0.39, 0.29) is 11.5 Å². The molecule has 0 unspecified atom stereocenters. The molecule has 0 aliphatic rings. The van der Waals surface area contributed by atoms with E-state index >= 15 is 0 Å². The summed E-state index contributed by atoms with van der Waals surface area (Å²) in [7, 11) is 0. The van der Waals surface area contributed by atoms with Crippen molar-refractivity contribution in [3.63, 3.8) is 0 Å². The smallest absolute Gasteiger partial charge is 0.352 e. The van der Waals surface area contributed by atoms with Crippen molar-refractivity contribution in [3.05, 3.63) is 44.3 Å². The molecule has 0 aliphatic carbocycles. The molecule has 1 N–H and O–H groups in total. The van der Waals surface area contributed by atoms with Crippen LogP contribution < -0.4 is 0 Å². The van der Waals surface area contributed by atoms with Gasteiger partial charge in [-0.1, -0.05) is 0 Å². The van der Waals surface area contributed by atoms with Gasteiger partial charge in [-0.3, -0.25) is 4.79 Å². The van der Waals surface area contributed by atoms with E-state index in [4.69, 9.17) is 5.11 Å². The second kappa shape index (κ2) is 5.71. The number of aromatic nitrogens is 1. The third-order valence-electron chi connectivity index (χ3n) is 2.75. The summed E-state index contributed by atoms with van der Waals surface area (Å²) in [5, 5.41) is 9.13. The Morgan fingerprint density at radius 3 is 2.68 bits per heavy atom. The molecule has 0 spiro atoms. The van der Waals surface area contributed by atoms with E-state index in [9.17, 15) is 9.59 Å². The van der Waals surface area contributed by atoms with E-state index in [1.165, 1.54) is 17.9 Å². The number of carbonyl (C=O) groups excluding carboxylic acids is 1. The van der Waals surface area contributed by atoms with Crippen LogP contribution in [0.4, 0.5) is 0 Å². The molecule has 0 fully saturated rings. The van der Waals surface area contributed by atoms with Crippen LogP contribution in [0.2, 0.25) is 0 Å². The molecule has 0 bridgehead atoms. The van der Waals surface area contributed by atoms with Crippen LogP contribution in [0.1, 0.15) is 32.6 Å². The van der Waals surface area contributed by atoms with Crippen molar-refractivity contribution >= 4 is 39.0 Å². The number of aryl methyl sites for hydroxylation is 2. The van der Waals surface area contributed by atoms with E-state index < -0.39 is 5.97 Å². The zero-order chi connectivity index (χ0) is 14.0. The Labute approximate surface area is 122 Å². The Balaban J connectivity index is 2.18. The quantitative estimate of drug-likeness (QED) is 0.847. The predicted octanol–water partition coefficient (Wildman–Crippen LogP) is 3.46. The summed E-state index contributed by atoms with van der Waals surface area (Å²) < 4.78 is 2.67. The Hall–Kier alpha value is -1.40. The summed E-state index contributed by atoms with van der Waals surface area (Å²) in [6.07, 6.45) is 2.34. The maximum atomic E-state index is 11.3. The largest absolute Gasteiger partial charge is 0.477 e. The maximum Gasteiger partial charge on any atom is 0.352 e. The summed E-state index contributed by atoms with van der Waals surface area (Å²) in [6, 6.07) is 5.40. The summed E-state index contributed by atoms with van der Waals surface area (Å²) in [5.74, 6) is -1.14. The molecule has 0 radical (unpaired) electrons. The van der Waals surface area contributed by atoms with Gasteiger partial charge >= 0.3 is 5.97 Å². The minimum absolute atomic E-state index is 0.125. The van der Waals surface area contributed by atoms with Gasteiger partial charge in [-0.05, 0) is 47.5 Å². The highest BCUT2D eigenvalue weighted by Crippen LogP contribution is 2.23. The van der Waals surface area contributed by atoms with Gasteiger partial charge in [0.15, 0.2) is 5.78 Å². The zero-order valence-corrected chi connectivity index (χ0v) is 12.6.